The van der Waals surface area contributed by atoms with Crippen LogP contribution in [0.3, 0.4) is 0 Å². The molecule has 2 aromatic rings. The van der Waals surface area contributed by atoms with Crippen LogP contribution < -0.4 is 10.9 Å². The fourth-order valence-electron chi connectivity index (χ4n) is 2.64. The number of aryl methyl sites for hydroxylation is 2. The van der Waals surface area contributed by atoms with E-state index in [9.17, 15) is 9.59 Å². The minimum Gasteiger partial charge on any atom is -0.383 e. The zero-order chi connectivity index (χ0) is 18.5. The Bertz CT molecular complexity index is 867. The number of anilines is 1. The number of benzene rings is 1. The van der Waals surface area contributed by atoms with E-state index in [0.29, 0.717) is 18.3 Å². The van der Waals surface area contributed by atoms with Crippen LogP contribution in [0.15, 0.2) is 39.1 Å². The molecule has 6 nitrogen and oxygen atoms in total. The molecular formula is C18H21N3O3S2. The third kappa shape index (κ3) is 4.31. The highest BCUT2D eigenvalue weighted by Crippen LogP contribution is 2.28. The van der Waals surface area contributed by atoms with Crippen molar-refractivity contribution in [3.05, 3.63) is 45.9 Å². The topological polar surface area (TPSA) is 73.2 Å². The predicted octanol–water partition coefficient (Wildman–Crippen LogP) is 2.58. The first-order valence-electron chi connectivity index (χ1n) is 8.34. The fourth-order valence-corrected chi connectivity index (χ4v) is 4.53. The van der Waals surface area contributed by atoms with Crippen molar-refractivity contribution < 1.29 is 9.53 Å². The zero-order valence-corrected chi connectivity index (χ0v) is 16.4. The molecule has 2 heterocycles. The Labute approximate surface area is 160 Å². The van der Waals surface area contributed by atoms with Gasteiger partial charge in [-0.05, 0) is 18.6 Å². The first-order valence-corrected chi connectivity index (χ1v) is 10.3. The second kappa shape index (κ2) is 8.75. The standard InChI is InChI=1S/C18H21N3O3S2/c1-12-5-3-4-6-13(12)19-15(22)11-26-18-20-14-7-10-25-16(14)17(23)21(18)8-9-24-2/h3-6H,7-11H2,1-2H3,(H,19,22). The number of carbonyl (C=O) groups excluding carboxylic acids is 1. The van der Waals surface area contributed by atoms with E-state index in [1.165, 1.54) is 11.8 Å². The van der Waals surface area contributed by atoms with E-state index in [-0.39, 0.29) is 17.2 Å². The molecule has 0 spiro atoms. The van der Waals surface area contributed by atoms with Gasteiger partial charge in [0.25, 0.3) is 5.56 Å². The summed E-state index contributed by atoms with van der Waals surface area (Å²) in [4.78, 5) is 30.4. The summed E-state index contributed by atoms with van der Waals surface area (Å²) in [5.41, 5.74) is 2.62. The number of nitrogens with zero attached hydrogens (tertiary/aromatic N) is 2. The van der Waals surface area contributed by atoms with Crippen LogP contribution in [0, 0.1) is 6.92 Å². The summed E-state index contributed by atoms with van der Waals surface area (Å²) in [6.45, 7) is 2.80. The third-order valence-corrected chi connectivity index (χ3v) is 6.10. The highest BCUT2D eigenvalue weighted by atomic mass is 32.2. The van der Waals surface area contributed by atoms with Crippen molar-refractivity contribution >= 4 is 35.1 Å². The summed E-state index contributed by atoms with van der Waals surface area (Å²) < 4.78 is 6.73. The molecule has 0 unspecified atom stereocenters. The summed E-state index contributed by atoms with van der Waals surface area (Å²) in [6.07, 6.45) is 0.795. The molecule has 0 fully saturated rings. The minimum atomic E-state index is -0.119. The molecule has 0 bridgehead atoms. The first kappa shape index (κ1) is 19.0. The van der Waals surface area contributed by atoms with Crippen molar-refractivity contribution in [1.82, 2.24) is 9.55 Å². The number of ether oxygens (including phenoxy) is 1. The van der Waals surface area contributed by atoms with E-state index in [2.05, 4.69) is 10.3 Å². The Morgan fingerprint density at radius 2 is 2.23 bits per heavy atom. The molecule has 1 aromatic carbocycles. The van der Waals surface area contributed by atoms with Gasteiger partial charge in [0.05, 0.1) is 29.5 Å². The number of aromatic nitrogens is 2. The highest BCUT2D eigenvalue weighted by Gasteiger charge is 2.22. The zero-order valence-electron chi connectivity index (χ0n) is 14.8. The van der Waals surface area contributed by atoms with Gasteiger partial charge < -0.3 is 10.1 Å². The van der Waals surface area contributed by atoms with E-state index < -0.39 is 0 Å². The molecule has 1 N–H and O–H groups in total. The van der Waals surface area contributed by atoms with Gasteiger partial charge in [0, 0.05) is 25.0 Å². The van der Waals surface area contributed by atoms with E-state index in [1.54, 1.807) is 23.4 Å². The maximum Gasteiger partial charge on any atom is 0.268 e. The van der Waals surface area contributed by atoms with Gasteiger partial charge in [0.15, 0.2) is 5.16 Å². The molecule has 0 radical (unpaired) electrons. The Hall–Kier alpha value is -1.77. The van der Waals surface area contributed by atoms with Crippen molar-refractivity contribution in [3.8, 4) is 0 Å². The third-order valence-electron chi connectivity index (χ3n) is 4.02. The monoisotopic (exact) mass is 391 g/mol. The largest absolute Gasteiger partial charge is 0.383 e. The van der Waals surface area contributed by atoms with E-state index in [4.69, 9.17) is 4.74 Å². The Morgan fingerprint density at radius 3 is 3.00 bits per heavy atom. The minimum absolute atomic E-state index is 0.0311. The number of amides is 1. The average molecular weight is 392 g/mol. The van der Waals surface area contributed by atoms with Crippen LogP contribution in [-0.2, 0) is 22.5 Å². The van der Waals surface area contributed by atoms with Crippen LogP contribution in [0.4, 0.5) is 5.69 Å². The van der Waals surface area contributed by atoms with Crippen LogP contribution in [-0.4, -0.2) is 40.7 Å². The number of thioether (sulfide) groups is 2. The average Bonchev–Trinajstić information content (AvgIpc) is 3.10. The van der Waals surface area contributed by atoms with Crippen LogP contribution >= 0.6 is 23.5 Å². The van der Waals surface area contributed by atoms with Gasteiger partial charge in [0.1, 0.15) is 0 Å². The summed E-state index contributed by atoms with van der Waals surface area (Å²) in [5.74, 6) is 0.954. The van der Waals surface area contributed by atoms with Crippen molar-refractivity contribution in [2.24, 2.45) is 0 Å². The van der Waals surface area contributed by atoms with Crippen molar-refractivity contribution in [2.75, 3.05) is 30.5 Å². The van der Waals surface area contributed by atoms with Gasteiger partial charge >= 0.3 is 0 Å². The second-order valence-electron chi connectivity index (χ2n) is 5.87. The first-order chi connectivity index (χ1) is 12.6. The Balaban J connectivity index is 1.74. The van der Waals surface area contributed by atoms with Crippen LogP contribution in [0.5, 0.6) is 0 Å². The lowest BCUT2D eigenvalue weighted by atomic mass is 10.2. The van der Waals surface area contributed by atoms with Gasteiger partial charge in [0.2, 0.25) is 5.91 Å². The van der Waals surface area contributed by atoms with Gasteiger partial charge in [-0.2, -0.15) is 0 Å². The number of nitrogens with one attached hydrogen (secondary N) is 1. The number of carbonyl (C=O) groups is 1. The molecular weight excluding hydrogens is 370 g/mol. The molecule has 1 aromatic heterocycles. The SMILES string of the molecule is COCCn1c(SCC(=O)Nc2ccccc2C)nc2c(c1=O)SCC2. The highest BCUT2D eigenvalue weighted by molar-refractivity contribution is 8.00. The number of para-hydroxylation sites is 1. The Kier molecular flexibility index (Phi) is 6.39. The molecule has 0 saturated carbocycles. The maximum atomic E-state index is 12.7. The van der Waals surface area contributed by atoms with Crippen LogP contribution in [0.1, 0.15) is 11.3 Å². The maximum absolute atomic E-state index is 12.7. The molecule has 1 aliphatic heterocycles. The van der Waals surface area contributed by atoms with Gasteiger partial charge in [-0.15, -0.1) is 11.8 Å². The number of rotatable bonds is 7. The summed E-state index contributed by atoms with van der Waals surface area (Å²) >= 11 is 2.84. The molecule has 138 valence electrons. The van der Waals surface area contributed by atoms with E-state index in [1.807, 2.05) is 31.2 Å². The number of hydrogen-bond donors (Lipinski definition) is 1. The molecule has 0 saturated heterocycles. The molecule has 8 heteroatoms. The molecule has 0 aliphatic carbocycles. The van der Waals surface area contributed by atoms with Crippen molar-refractivity contribution in [2.45, 2.75) is 29.9 Å². The Morgan fingerprint density at radius 1 is 1.42 bits per heavy atom. The van der Waals surface area contributed by atoms with Crippen molar-refractivity contribution in [3.63, 3.8) is 0 Å². The predicted molar refractivity (Wildman–Crippen MR) is 105 cm³/mol. The lowest BCUT2D eigenvalue weighted by Crippen LogP contribution is -2.27. The lowest BCUT2D eigenvalue weighted by molar-refractivity contribution is -0.113. The molecule has 0 atom stereocenters. The molecule has 1 amide bonds. The van der Waals surface area contributed by atoms with Crippen molar-refractivity contribution in [1.29, 1.82) is 0 Å². The fraction of sp³-hybridized carbons (Fsp3) is 0.389. The van der Waals surface area contributed by atoms with E-state index in [0.717, 1.165) is 34.0 Å². The number of methoxy groups -OCH3 is 1. The van der Waals surface area contributed by atoms with Gasteiger partial charge in [-0.3, -0.25) is 14.2 Å². The van der Waals surface area contributed by atoms with Gasteiger partial charge in [-0.25, -0.2) is 4.98 Å². The normalized spacial score (nSPS) is 12.8. The smallest absolute Gasteiger partial charge is 0.268 e. The second-order valence-corrected chi connectivity index (χ2v) is 7.92. The summed E-state index contributed by atoms with van der Waals surface area (Å²) in [6, 6.07) is 7.64. The molecule has 26 heavy (non-hydrogen) atoms. The number of hydrogen-bond acceptors (Lipinski definition) is 6. The molecule has 1 aliphatic rings. The van der Waals surface area contributed by atoms with Crippen LogP contribution in [0.2, 0.25) is 0 Å². The van der Waals surface area contributed by atoms with Crippen LogP contribution in [0.25, 0.3) is 0 Å². The number of fused-ring (bicyclic) bond motifs is 1. The molecule has 3 rings (SSSR count). The van der Waals surface area contributed by atoms with E-state index >= 15 is 0 Å². The quantitative estimate of drug-likeness (QED) is 0.578. The summed E-state index contributed by atoms with van der Waals surface area (Å²) in [7, 11) is 1.60. The van der Waals surface area contributed by atoms with Gasteiger partial charge in [-0.1, -0.05) is 30.0 Å². The lowest BCUT2D eigenvalue weighted by Gasteiger charge is -2.13. The summed E-state index contributed by atoms with van der Waals surface area (Å²) in [5, 5.41) is 3.48.